The van der Waals surface area contributed by atoms with Crippen molar-refractivity contribution in [2.45, 2.75) is 39.0 Å². The minimum atomic E-state index is -0.405. The Morgan fingerprint density at radius 3 is 2.62 bits per heavy atom. The molecule has 0 aliphatic heterocycles. The lowest BCUT2D eigenvalue weighted by Crippen LogP contribution is -2.14. The summed E-state index contributed by atoms with van der Waals surface area (Å²) in [6.45, 7) is 5.21. The van der Waals surface area contributed by atoms with Gasteiger partial charge in [0.2, 0.25) is 5.16 Å². The number of aryl methyl sites for hydroxylation is 2. The number of hydrogen-bond acceptors (Lipinski definition) is 8. The van der Waals surface area contributed by atoms with Crippen molar-refractivity contribution in [1.82, 2.24) is 19.6 Å². The third-order valence-corrected chi connectivity index (χ3v) is 5.15. The Labute approximate surface area is 172 Å². The van der Waals surface area contributed by atoms with Gasteiger partial charge >= 0.3 is 5.97 Å². The van der Waals surface area contributed by atoms with Gasteiger partial charge in [0.25, 0.3) is 5.78 Å². The van der Waals surface area contributed by atoms with Crippen LogP contribution in [0.25, 0.3) is 5.78 Å². The fourth-order valence-electron chi connectivity index (χ4n) is 3.00. The van der Waals surface area contributed by atoms with E-state index in [0.29, 0.717) is 33.5 Å². The van der Waals surface area contributed by atoms with Crippen molar-refractivity contribution in [3.8, 4) is 5.75 Å². The molecule has 2 aromatic heterocycles. The SMILES string of the molecule is COc1ccc(C(C)=O)cc1COC(=O)Cc1c(C)nc2nc(SC)nn2c1C. The topological polar surface area (TPSA) is 95.7 Å². The van der Waals surface area contributed by atoms with E-state index in [1.807, 2.05) is 20.1 Å². The minimum absolute atomic E-state index is 0.0108. The number of ketones is 1. The van der Waals surface area contributed by atoms with Crippen molar-refractivity contribution in [3.05, 3.63) is 46.3 Å². The van der Waals surface area contributed by atoms with Gasteiger partial charge in [-0.15, -0.1) is 5.10 Å². The van der Waals surface area contributed by atoms with Crippen molar-refractivity contribution in [2.75, 3.05) is 13.4 Å². The second-order valence-corrected chi connectivity index (χ2v) is 7.27. The van der Waals surface area contributed by atoms with E-state index in [1.54, 1.807) is 22.7 Å². The highest BCUT2D eigenvalue weighted by Crippen LogP contribution is 2.22. The fraction of sp³-hybridized carbons (Fsp3) is 0.350. The normalized spacial score (nSPS) is 10.9. The fourth-order valence-corrected chi connectivity index (χ4v) is 3.33. The van der Waals surface area contributed by atoms with Gasteiger partial charge in [0.1, 0.15) is 12.4 Å². The Kier molecular flexibility index (Phi) is 6.17. The summed E-state index contributed by atoms with van der Waals surface area (Å²) >= 11 is 1.43. The van der Waals surface area contributed by atoms with Gasteiger partial charge in [-0.25, -0.2) is 9.50 Å². The van der Waals surface area contributed by atoms with Gasteiger partial charge in [-0.05, 0) is 45.2 Å². The van der Waals surface area contributed by atoms with Crippen LogP contribution in [-0.2, 0) is 22.6 Å². The van der Waals surface area contributed by atoms with E-state index in [1.165, 1.54) is 25.8 Å². The highest BCUT2D eigenvalue weighted by atomic mass is 32.2. The quantitative estimate of drug-likeness (QED) is 0.331. The second-order valence-electron chi connectivity index (χ2n) is 6.49. The van der Waals surface area contributed by atoms with Gasteiger partial charge in [0, 0.05) is 28.1 Å². The summed E-state index contributed by atoms with van der Waals surface area (Å²) in [5.74, 6) is 0.596. The van der Waals surface area contributed by atoms with E-state index in [0.717, 1.165) is 11.3 Å². The van der Waals surface area contributed by atoms with E-state index in [4.69, 9.17) is 9.47 Å². The van der Waals surface area contributed by atoms with Crippen LogP contribution in [0.3, 0.4) is 0 Å². The molecule has 0 N–H and O–H groups in total. The van der Waals surface area contributed by atoms with Crippen LogP contribution in [0.4, 0.5) is 0 Å². The van der Waals surface area contributed by atoms with Gasteiger partial charge in [0.15, 0.2) is 5.78 Å². The molecule has 152 valence electrons. The number of fused-ring (bicyclic) bond motifs is 1. The van der Waals surface area contributed by atoms with Gasteiger partial charge in [-0.2, -0.15) is 4.98 Å². The van der Waals surface area contributed by atoms with Crippen LogP contribution < -0.4 is 4.74 Å². The first-order chi connectivity index (χ1) is 13.8. The van der Waals surface area contributed by atoms with Gasteiger partial charge in [-0.3, -0.25) is 9.59 Å². The Morgan fingerprint density at radius 1 is 1.21 bits per heavy atom. The van der Waals surface area contributed by atoms with Crippen molar-refractivity contribution in [2.24, 2.45) is 0 Å². The summed E-state index contributed by atoms with van der Waals surface area (Å²) in [6, 6.07) is 5.05. The highest BCUT2D eigenvalue weighted by molar-refractivity contribution is 7.98. The maximum atomic E-state index is 12.5. The van der Waals surface area contributed by atoms with Crippen molar-refractivity contribution >= 4 is 29.3 Å². The maximum Gasteiger partial charge on any atom is 0.310 e. The molecule has 3 aromatic rings. The molecule has 0 aliphatic carbocycles. The average Bonchev–Trinajstić information content (AvgIpc) is 3.12. The molecular weight excluding hydrogens is 392 g/mol. The molecule has 0 saturated heterocycles. The number of carbonyl (C=O) groups is 2. The first-order valence-corrected chi connectivity index (χ1v) is 10.2. The molecule has 8 nitrogen and oxygen atoms in total. The second kappa shape index (κ2) is 8.60. The van der Waals surface area contributed by atoms with E-state index in [9.17, 15) is 9.59 Å². The predicted molar refractivity (Wildman–Crippen MR) is 109 cm³/mol. The number of carbonyl (C=O) groups excluding carboxylic acids is 2. The molecule has 0 atom stereocenters. The van der Waals surface area contributed by atoms with Crippen molar-refractivity contribution < 1.29 is 19.1 Å². The number of benzene rings is 1. The van der Waals surface area contributed by atoms with Gasteiger partial charge in [0.05, 0.1) is 13.5 Å². The minimum Gasteiger partial charge on any atom is -0.496 e. The smallest absolute Gasteiger partial charge is 0.310 e. The summed E-state index contributed by atoms with van der Waals surface area (Å²) in [7, 11) is 1.53. The molecule has 0 amide bonds. The van der Waals surface area contributed by atoms with Crippen molar-refractivity contribution in [1.29, 1.82) is 0 Å². The number of nitrogens with zero attached hydrogens (tertiary/aromatic N) is 4. The summed E-state index contributed by atoms with van der Waals surface area (Å²) in [5, 5.41) is 5.01. The molecule has 29 heavy (non-hydrogen) atoms. The number of hydrogen-bond donors (Lipinski definition) is 0. The standard InChI is InChI=1S/C20H22N4O4S/c1-11-16(12(2)24-19(21-11)22-20(23-24)29-5)9-18(26)28-10-15-8-14(13(3)25)6-7-17(15)27-4/h6-8H,9-10H2,1-5H3. The third kappa shape index (κ3) is 4.40. The highest BCUT2D eigenvalue weighted by Gasteiger charge is 2.17. The first-order valence-electron chi connectivity index (χ1n) is 8.94. The van der Waals surface area contributed by atoms with Crippen LogP contribution in [0.15, 0.2) is 23.4 Å². The molecule has 3 rings (SSSR count). The lowest BCUT2D eigenvalue weighted by Gasteiger charge is -2.12. The monoisotopic (exact) mass is 414 g/mol. The van der Waals surface area contributed by atoms with Crippen molar-refractivity contribution in [3.63, 3.8) is 0 Å². The third-order valence-electron chi connectivity index (χ3n) is 4.61. The largest absolute Gasteiger partial charge is 0.496 e. The van der Waals surface area contributed by atoms with E-state index >= 15 is 0 Å². The van der Waals surface area contributed by atoms with E-state index in [-0.39, 0.29) is 18.8 Å². The first kappa shape index (κ1) is 20.8. The van der Waals surface area contributed by atoms with Gasteiger partial charge < -0.3 is 9.47 Å². The van der Waals surface area contributed by atoms with Crippen LogP contribution in [0.1, 0.15) is 39.8 Å². The number of esters is 1. The average molecular weight is 414 g/mol. The maximum absolute atomic E-state index is 12.5. The van der Waals surface area contributed by atoms with E-state index < -0.39 is 5.97 Å². The zero-order valence-corrected chi connectivity index (χ0v) is 17.8. The molecule has 0 radical (unpaired) electrons. The van der Waals surface area contributed by atoms with Crippen LogP contribution in [-0.4, -0.2) is 44.7 Å². The molecule has 0 saturated carbocycles. The molecule has 1 aromatic carbocycles. The molecule has 9 heteroatoms. The van der Waals surface area contributed by atoms with Crippen LogP contribution in [0.2, 0.25) is 0 Å². The zero-order valence-electron chi connectivity index (χ0n) is 17.0. The number of methoxy groups -OCH3 is 1. The summed E-state index contributed by atoms with van der Waals surface area (Å²) in [5.41, 5.74) is 3.44. The number of Topliss-reactive ketones (excluding diaryl/α,β-unsaturated/α-hetero) is 1. The molecule has 0 unspecified atom stereocenters. The Hall–Kier alpha value is -2.94. The molecule has 0 aliphatic rings. The van der Waals surface area contributed by atoms with Crippen LogP contribution in [0.5, 0.6) is 5.75 Å². The zero-order chi connectivity index (χ0) is 21.1. The summed E-state index contributed by atoms with van der Waals surface area (Å²) in [6.07, 6.45) is 1.95. The van der Waals surface area contributed by atoms with Crippen LogP contribution >= 0.6 is 11.8 Å². The Bertz CT molecular complexity index is 1090. The number of rotatable bonds is 7. The molecule has 0 bridgehead atoms. The van der Waals surface area contributed by atoms with Gasteiger partial charge in [-0.1, -0.05) is 11.8 Å². The number of thioether (sulfide) groups is 1. The number of ether oxygens (including phenoxy) is 2. The molecule has 0 spiro atoms. The summed E-state index contributed by atoms with van der Waals surface area (Å²) in [4.78, 5) is 32.9. The van der Waals surface area contributed by atoms with Crippen LogP contribution in [0, 0.1) is 13.8 Å². The molecule has 2 heterocycles. The molecule has 0 fully saturated rings. The predicted octanol–water partition coefficient (Wildman–Crippen LogP) is 2.96. The lowest BCUT2D eigenvalue weighted by atomic mass is 10.1. The van der Waals surface area contributed by atoms with E-state index in [2.05, 4.69) is 15.1 Å². The number of aromatic nitrogens is 4. The lowest BCUT2D eigenvalue weighted by molar-refractivity contribution is -0.144. The summed E-state index contributed by atoms with van der Waals surface area (Å²) < 4.78 is 12.4. The Morgan fingerprint density at radius 2 is 1.97 bits per heavy atom. The Balaban J connectivity index is 1.78. The molecular formula is C20H22N4O4S.